The van der Waals surface area contributed by atoms with Crippen molar-refractivity contribution in [3.05, 3.63) is 64.1 Å². The molecule has 0 spiro atoms. The number of amides is 1. The molecule has 2 aromatic rings. The van der Waals surface area contributed by atoms with Crippen molar-refractivity contribution in [1.29, 1.82) is 0 Å². The van der Waals surface area contributed by atoms with Crippen molar-refractivity contribution >= 4 is 34.6 Å². The summed E-state index contributed by atoms with van der Waals surface area (Å²) < 4.78 is 5.47. The second-order valence-corrected chi connectivity index (χ2v) is 7.33. The van der Waals surface area contributed by atoms with E-state index in [1.165, 1.54) is 22.9 Å². The highest BCUT2D eigenvalue weighted by atomic mass is 32.2. The smallest absolute Gasteiger partial charge is 0.266 e. The minimum Gasteiger partial charge on any atom is -0.494 e. The minimum absolute atomic E-state index is 0.000955. The number of hydrogen-bond donors (Lipinski definition) is 0. The highest BCUT2D eigenvalue weighted by Gasteiger charge is 2.32. The van der Waals surface area contributed by atoms with E-state index >= 15 is 0 Å². The van der Waals surface area contributed by atoms with Crippen molar-refractivity contribution in [2.45, 2.75) is 27.7 Å². The summed E-state index contributed by atoms with van der Waals surface area (Å²) in [4.78, 5) is 19.9. The maximum atomic E-state index is 12.8. The van der Waals surface area contributed by atoms with E-state index < -0.39 is 0 Å². The van der Waals surface area contributed by atoms with E-state index in [1.54, 1.807) is 4.90 Å². The largest absolute Gasteiger partial charge is 0.494 e. The predicted molar refractivity (Wildman–Crippen MR) is 114 cm³/mol. The van der Waals surface area contributed by atoms with Gasteiger partial charge in [0.15, 0.2) is 5.17 Å². The van der Waals surface area contributed by atoms with Gasteiger partial charge in [0.25, 0.3) is 5.91 Å². The zero-order valence-electron chi connectivity index (χ0n) is 16.2. The lowest BCUT2D eigenvalue weighted by atomic mass is 10.1. The number of nitrogens with zero attached hydrogens (tertiary/aromatic N) is 2. The molecule has 1 aliphatic rings. The molecule has 0 aliphatic carbocycles. The summed E-state index contributed by atoms with van der Waals surface area (Å²) >= 11 is 1.42. The first-order valence-electron chi connectivity index (χ1n) is 9.12. The van der Waals surface area contributed by atoms with Crippen molar-refractivity contribution < 1.29 is 9.53 Å². The van der Waals surface area contributed by atoms with Gasteiger partial charge in [-0.1, -0.05) is 18.2 Å². The third kappa shape index (κ3) is 4.42. The monoisotopic (exact) mass is 380 g/mol. The van der Waals surface area contributed by atoms with Crippen LogP contribution in [0.2, 0.25) is 0 Å². The average Bonchev–Trinajstić information content (AvgIpc) is 2.94. The van der Waals surface area contributed by atoms with Crippen LogP contribution >= 0.6 is 11.8 Å². The van der Waals surface area contributed by atoms with Gasteiger partial charge in [-0.3, -0.25) is 9.69 Å². The van der Waals surface area contributed by atoms with Crippen LogP contribution in [0.3, 0.4) is 0 Å². The number of rotatable bonds is 5. The number of likely N-dealkylation sites (N-methyl/N-ethyl adjacent to an activating group) is 1. The normalized spacial score (nSPS) is 17.2. The first-order chi connectivity index (χ1) is 13.0. The van der Waals surface area contributed by atoms with Crippen LogP contribution in [0.1, 0.15) is 30.5 Å². The third-order valence-electron chi connectivity index (χ3n) is 4.41. The number of carbonyl (C=O) groups excluding carboxylic acids is 1. The number of aliphatic imine (C=N–C) groups is 1. The average molecular weight is 381 g/mol. The highest BCUT2D eigenvalue weighted by Crippen LogP contribution is 2.34. The van der Waals surface area contributed by atoms with Gasteiger partial charge in [0, 0.05) is 6.54 Å². The van der Waals surface area contributed by atoms with Gasteiger partial charge in [0.2, 0.25) is 0 Å². The van der Waals surface area contributed by atoms with Gasteiger partial charge < -0.3 is 4.74 Å². The molecule has 1 heterocycles. The first-order valence-corrected chi connectivity index (χ1v) is 9.93. The predicted octanol–water partition coefficient (Wildman–Crippen LogP) is 5.33. The Kier molecular flexibility index (Phi) is 6.01. The molecule has 1 aliphatic heterocycles. The Balaban J connectivity index is 1.87. The van der Waals surface area contributed by atoms with E-state index in [0.29, 0.717) is 18.1 Å². The minimum atomic E-state index is -0.000955. The van der Waals surface area contributed by atoms with E-state index in [9.17, 15) is 4.79 Å². The first kappa shape index (κ1) is 19.2. The molecular formula is C22H24N2O2S. The summed E-state index contributed by atoms with van der Waals surface area (Å²) in [5, 5.41) is 0.725. The van der Waals surface area contributed by atoms with Crippen LogP contribution in [0.25, 0.3) is 6.08 Å². The number of hydrogen-bond acceptors (Lipinski definition) is 4. The lowest BCUT2D eigenvalue weighted by molar-refractivity contribution is -0.122. The lowest BCUT2D eigenvalue weighted by Gasteiger charge is -2.12. The molecule has 4 nitrogen and oxygen atoms in total. The van der Waals surface area contributed by atoms with Gasteiger partial charge in [-0.05, 0) is 86.5 Å². The van der Waals surface area contributed by atoms with Gasteiger partial charge in [0.05, 0.1) is 17.2 Å². The van der Waals surface area contributed by atoms with Gasteiger partial charge in [-0.25, -0.2) is 4.99 Å². The van der Waals surface area contributed by atoms with Crippen molar-refractivity contribution in [1.82, 2.24) is 4.90 Å². The fourth-order valence-electron chi connectivity index (χ4n) is 2.75. The zero-order valence-corrected chi connectivity index (χ0v) is 17.0. The van der Waals surface area contributed by atoms with Crippen molar-refractivity contribution in [2.24, 2.45) is 4.99 Å². The molecule has 0 unspecified atom stereocenters. The molecule has 1 amide bonds. The number of aryl methyl sites for hydroxylation is 2. The zero-order chi connectivity index (χ0) is 19.4. The molecule has 0 aromatic heterocycles. The Morgan fingerprint density at radius 2 is 1.81 bits per heavy atom. The molecule has 27 heavy (non-hydrogen) atoms. The molecular weight excluding hydrogens is 356 g/mol. The second kappa shape index (κ2) is 8.44. The lowest BCUT2D eigenvalue weighted by Crippen LogP contribution is -2.28. The molecule has 1 fully saturated rings. The SMILES string of the molecule is CCOc1ccc(/C=C2\SC(=Nc3ccc(C)c(C)c3)N(CC)C2=O)cc1. The molecule has 2 aromatic carbocycles. The van der Waals surface area contributed by atoms with Crippen LogP contribution in [0, 0.1) is 13.8 Å². The molecule has 0 bridgehead atoms. The molecule has 0 atom stereocenters. The number of ether oxygens (including phenoxy) is 1. The van der Waals surface area contributed by atoms with E-state index in [2.05, 4.69) is 26.0 Å². The molecule has 0 N–H and O–H groups in total. The Bertz CT molecular complexity index is 901. The van der Waals surface area contributed by atoms with Gasteiger partial charge in [-0.2, -0.15) is 0 Å². The topological polar surface area (TPSA) is 41.9 Å². The van der Waals surface area contributed by atoms with Gasteiger partial charge in [0.1, 0.15) is 5.75 Å². The maximum absolute atomic E-state index is 12.8. The van der Waals surface area contributed by atoms with Crippen molar-refractivity contribution in [3.63, 3.8) is 0 Å². The van der Waals surface area contributed by atoms with Crippen LogP contribution in [0.4, 0.5) is 5.69 Å². The van der Waals surface area contributed by atoms with Crippen LogP contribution in [0.15, 0.2) is 52.4 Å². The fraction of sp³-hybridized carbons (Fsp3) is 0.273. The van der Waals surface area contributed by atoms with E-state index in [-0.39, 0.29) is 5.91 Å². The van der Waals surface area contributed by atoms with E-state index in [1.807, 2.05) is 50.3 Å². The maximum Gasteiger partial charge on any atom is 0.266 e. The summed E-state index contributed by atoms with van der Waals surface area (Å²) in [7, 11) is 0. The number of carbonyl (C=O) groups is 1. The molecule has 0 saturated carbocycles. The van der Waals surface area contributed by atoms with Crippen LogP contribution in [-0.4, -0.2) is 29.1 Å². The summed E-state index contributed by atoms with van der Waals surface area (Å²) in [6, 6.07) is 13.9. The fourth-order valence-corrected chi connectivity index (χ4v) is 3.82. The summed E-state index contributed by atoms with van der Waals surface area (Å²) in [6.45, 7) is 9.30. The summed E-state index contributed by atoms with van der Waals surface area (Å²) in [6.07, 6.45) is 1.91. The number of thioether (sulfide) groups is 1. The Morgan fingerprint density at radius 3 is 2.44 bits per heavy atom. The van der Waals surface area contributed by atoms with Gasteiger partial charge >= 0.3 is 0 Å². The Morgan fingerprint density at radius 1 is 1.07 bits per heavy atom. The van der Waals surface area contributed by atoms with Crippen LogP contribution < -0.4 is 4.74 Å². The molecule has 0 radical (unpaired) electrons. The van der Waals surface area contributed by atoms with Crippen LogP contribution in [0.5, 0.6) is 5.75 Å². The Hall–Kier alpha value is -2.53. The molecule has 1 saturated heterocycles. The second-order valence-electron chi connectivity index (χ2n) is 6.33. The standard InChI is InChI=1S/C22H24N2O2S/c1-5-24-21(25)20(14-17-8-11-19(12-9-17)26-6-2)27-22(24)23-18-10-7-15(3)16(4)13-18/h7-14H,5-6H2,1-4H3/b20-14-,23-22?. The summed E-state index contributed by atoms with van der Waals surface area (Å²) in [5.74, 6) is 0.830. The van der Waals surface area contributed by atoms with E-state index in [0.717, 1.165) is 22.2 Å². The van der Waals surface area contributed by atoms with E-state index in [4.69, 9.17) is 9.73 Å². The molecule has 3 rings (SSSR count). The number of benzene rings is 2. The Labute approximate surface area is 164 Å². The molecule has 5 heteroatoms. The van der Waals surface area contributed by atoms with Crippen molar-refractivity contribution in [2.75, 3.05) is 13.2 Å². The molecule has 140 valence electrons. The van der Waals surface area contributed by atoms with Gasteiger partial charge in [-0.15, -0.1) is 0 Å². The van der Waals surface area contributed by atoms with Crippen LogP contribution in [-0.2, 0) is 4.79 Å². The highest BCUT2D eigenvalue weighted by molar-refractivity contribution is 8.18. The number of amidine groups is 1. The van der Waals surface area contributed by atoms with Crippen molar-refractivity contribution in [3.8, 4) is 5.75 Å². The quantitative estimate of drug-likeness (QED) is 0.659. The summed E-state index contributed by atoms with van der Waals surface area (Å²) in [5.41, 5.74) is 4.27. The third-order valence-corrected chi connectivity index (χ3v) is 5.42.